The first-order valence-corrected chi connectivity index (χ1v) is 6.74. The molecule has 2 aromatic rings. The quantitative estimate of drug-likeness (QED) is 0.850. The lowest BCUT2D eigenvalue weighted by Gasteiger charge is -2.18. The van der Waals surface area contributed by atoms with E-state index in [2.05, 4.69) is 48.4 Å². The fraction of sp³-hybridized carbons (Fsp3) is 0.438. The first-order chi connectivity index (χ1) is 8.62. The van der Waals surface area contributed by atoms with Gasteiger partial charge in [0.25, 0.3) is 0 Å². The van der Waals surface area contributed by atoms with Gasteiger partial charge in [0.2, 0.25) is 0 Å². The highest BCUT2D eigenvalue weighted by Gasteiger charge is 2.30. The Bertz CT molecular complexity index is 560. The molecule has 1 saturated carbocycles. The predicted molar refractivity (Wildman–Crippen MR) is 76.8 cm³/mol. The van der Waals surface area contributed by atoms with E-state index in [4.69, 9.17) is 0 Å². The van der Waals surface area contributed by atoms with E-state index >= 15 is 0 Å². The molecule has 1 fully saturated rings. The SMILES string of the molecule is CC1(C)CCC(Nc2cnc3ccccc3c2)C1. The van der Waals surface area contributed by atoms with Crippen molar-refractivity contribution >= 4 is 16.6 Å². The molecule has 1 unspecified atom stereocenters. The van der Waals surface area contributed by atoms with Crippen LogP contribution in [0.2, 0.25) is 0 Å². The van der Waals surface area contributed by atoms with Crippen LogP contribution in [0.15, 0.2) is 36.5 Å². The van der Waals surface area contributed by atoms with Crippen LogP contribution in [0.4, 0.5) is 5.69 Å². The average molecular weight is 240 g/mol. The maximum absolute atomic E-state index is 4.50. The van der Waals surface area contributed by atoms with Crippen LogP contribution in [0.1, 0.15) is 33.1 Å². The third-order valence-electron chi connectivity index (χ3n) is 3.93. The van der Waals surface area contributed by atoms with Crippen molar-refractivity contribution in [3.8, 4) is 0 Å². The van der Waals surface area contributed by atoms with Gasteiger partial charge in [0.1, 0.15) is 0 Å². The van der Waals surface area contributed by atoms with E-state index in [9.17, 15) is 0 Å². The van der Waals surface area contributed by atoms with E-state index in [1.54, 1.807) is 0 Å². The molecular weight excluding hydrogens is 220 g/mol. The van der Waals surface area contributed by atoms with Crippen molar-refractivity contribution in [2.75, 3.05) is 5.32 Å². The number of benzene rings is 1. The Morgan fingerprint density at radius 2 is 2.11 bits per heavy atom. The summed E-state index contributed by atoms with van der Waals surface area (Å²) in [6.07, 6.45) is 5.78. The van der Waals surface area contributed by atoms with Gasteiger partial charge in [-0.3, -0.25) is 4.98 Å². The fourth-order valence-electron chi connectivity index (χ4n) is 2.94. The monoisotopic (exact) mass is 240 g/mol. The van der Waals surface area contributed by atoms with Crippen molar-refractivity contribution in [2.45, 2.75) is 39.2 Å². The second kappa shape index (κ2) is 4.27. The topological polar surface area (TPSA) is 24.9 Å². The summed E-state index contributed by atoms with van der Waals surface area (Å²) in [5.41, 5.74) is 2.70. The van der Waals surface area contributed by atoms with E-state index in [1.165, 1.54) is 24.6 Å². The molecule has 1 N–H and O–H groups in total. The molecule has 1 heterocycles. The molecule has 3 rings (SSSR count). The van der Waals surface area contributed by atoms with Gasteiger partial charge in [-0.15, -0.1) is 0 Å². The van der Waals surface area contributed by atoms with Crippen molar-refractivity contribution in [1.82, 2.24) is 4.98 Å². The minimum Gasteiger partial charge on any atom is -0.381 e. The minimum atomic E-state index is 0.488. The molecule has 2 nitrogen and oxygen atoms in total. The number of nitrogens with zero attached hydrogens (tertiary/aromatic N) is 1. The largest absolute Gasteiger partial charge is 0.381 e. The standard InChI is InChI=1S/C16H20N2/c1-16(2)8-7-13(10-16)18-14-9-12-5-3-4-6-15(12)17-11-14/h3-6,9,11,13,18H,7-8,10H2,1-2H3. The van der Waals surface area contributed by atoms with Crippen molar-refractivity contribution in [2.24, 2.45) is 5.41 Å². The minimum absolute atomic E-state index is 0.488. The number of fused-ring (bicyclic) bond motifs is 1. The Kier molecular flexibility index (Phi) is 2.73. The van der Waals surface area contributed by atoms with E-state index in [0.717, 1.165) is 11.2 Å². The first-order valence-electron chi connectivity index (χ1n) is 6.74. The number of pyridine rings is 1. The number of rotatable bonds is 2. The molecule has 1 aliphatic carbocycles. The van der Waals surface area contributed by atoms with Gasteiger partial charge >= 0.3 is 0 Å². The number of hydrogen-bond donors (Lipinski definition) is 1. The number of hydrogen-bond acceptors (Lipinski definition) is 2. The lowest BCUT2D eigenvalue weighted by atomic mass is 9.92. The van der Waals surface area contributed by atoms with Gasteiger partial charge in [-0.1, -0.05) is 32.0 Å². The van der Waals surface area contributed by atoms with Crippen LogP contribution in [-0.2, 0) is 0 Å². The van der Waals surface area contributed by atoms with Gasteiger partial charge in [0.05, 0.1) is 17.4 Å². The molecule has 0 bridgehead atoms. The summed E-state index contributed by atoms with van der Waals surface area (Å²) in [6.45, 7) is 4.71. The third kappa shape index (κ3) is 2.33. The molecule has 0 aliphatic heterocycles. The van der Waals surface area contributed by atoms with Crippen molar-refractivity contribution in [3.05, 3.63) is 36.5 Å². The highest BCUT2D eigenvalue weighted by molar-refractivity contribution is 5.81. The Balaban J connectivity index is 1.79. The molecule has 2 heteroatoms. The second-order valence-corrected chi connectivity index (χ2v) is 6.16. The van der Waals surface area contributed by atoms with Crippen LogP contribution < -0.4 is 5.32 Å². The van der Waals surface area contributed by atoms with E-state index in [0.29, 0.717) is 11.5 Å². The van der Waals surface area contributed by atoms with Gasteiger partial charge in [0.15, 0.2) is 0 Å². The lowest BCUT2D eigenvalue weighted by Crippen LogP contribution is -2.17. The first kappa shape index (κ1) is 11.5. The number of aromatic nitrogens is 1. The van der Waals surface area contributed by atoms with Crippen LogP contribution in [-0.4, -0.2) is 11.0 Å². The van der Waals surface area contributed by atoms with Crippen LogP contribution in [0, 0.1) is 5.41 Å². The number of para-hydroxylation sites is 1. The molecule has 94 valence electrons. The molecule has 0 saturated heterocycles. The lowest BCUT2D eigenvalue weighted by molar-refractivity contribution is 0.378. The van der Waals surface area contributed by atoms with Crippen LogP contribution in [0.25, 0.3) is 10.9 Å². The van der Waals surface area contributed by atoms with E-state index in [1.807, 2.05) is 12.3 Å². The zero-order valence-electron chi connectivity index (χ0n) is 11.1. The molecule has 1 aliphatic rings. The Morgan fingerprint density at radius 1 is 1.28 bits per heavy atom. The van der Waals surface area contributed by atoms with Crippen LogP contribution in [0.5, 0.6) is 0 Å². The summed E-state index contributed by atoms with van der Waals surface area (Å²) in [5.74, 6) is 0. The van der Waals surface area contributed by atoms with E-state index in [-0.39, 0.29) is 0 Å². The smallest absolute Gasteiger partial charge is 0.0703 e. The maximum Gasteiger partial charge on any atom is 0.0703 e. The molecule has 1 atom stereocenters. The van der Waals surface area contributed by atoms with Gasteiger partial charge in [-0.2, -0.15) is 0 Å². The van der Waals surface area contributed by atoms with Gasteiger partial charge in [0, 0.05) is 11.4 Å². The summed E-state index contributed by atoms with van der Waals surface area (Å²) >= 11 is 0. The molecule has 1 aromatic heterocycles. The number of anilines is 1. The van der Waals surface area contributed by atoms with Gasteiger partial charge in [-0.05, 0) is 36.8 Å². The summed E-state index contributed by atoms with van der Waals surface area (Å²) in [4.78, 5) is 4.50. The van der Waals surface area contributed by atoms with Crippen molar-refractivity contribution in [3.63, 3.8) is 0 Å². The summed E-state index contributed by atoms with van der Waals surface area (Å²) in [6, 6.07) is 11.1. The van der Waals surface area contributed by atoms with Crippen molar-refractivity contribution < 1.29 is 0 Å². The number of nitrogens with one attached hydrogen (secondary N) is 1. The third-order valence-corrected chi connectivity index (χ3v) is 3.93. The molecule has 1 aromatic carbocycles. The molecule has 0 amide bonds. The summed E-state index contributed by atoms with van der Waals surface area (Å²) in [5, 5.41) is 4.83. The Labute approximate surface area is 108 Å². The molecule has 0 radical (unpaired) electrons. The average Bonchev–Trinajstić information content (AvgIpc) is 2.68. The Hall–Kier alpha value is -1.57. The molecule has 18 heavy (non-hydrogen) atoms. The Morgan fingerprint density at radius 3 is 2.89 bits per heavy atom. The molecule has 0 spiro atoms. The molecular formula is C16H20N2. The highest BCUT2D eigenvalue weighted by Crippen LogP contribution is 2.38. The summed E-state index contributed by atoms with van der Waals surface area (Å²) in [7, 11) is 0. The second-order valence-electron chi connectivity index (χ2n) is 6.16. The predicted octanol–water partition coefficient (Wildman–Crippen LogP) is 4.23. The van der Waals surface area contributed by atoms with E-state index < -0.39 is 0 Å². The van der Waals surface area contributed by atoms with Crippen LogP contribution in [0.3, 0.4) is 0 Å². The van der Waals surface area contributed by atoms with Gasteiger partial charge in [-0.25, -0.2) is 0 Å². The normalized spacial score (nSPS) is 22.2. The van der Waals surface area contributed by atoms with Gasteiger partial charge < -0.3 is 5.32 Å². The fourth-order valence-corrected chi connectivity index (χ4v) is 2.94. The highest BCUT2D eigenvalue weighted by atomic mass is 14.9. The zero-order chi connectivity index (χ0) is 12.6. The van der Waals surface area contributed by atoms with Crippen LogP contribution >= 0.6 is 0 Å². The van der Waals surface area contributed by atoms with Crippen molar-refractivity contribution in [1.29, 1.82) is 0 Å². The maximum atomic E-state index is 4.50. The zero-order valence-corrected chi connectivity index (χ0v) is 11.1. The summed E-state index contributed by atoms with van der Waals surface area (Å²) < 4.78 is 0.